The van der Waals surface area contributed by atoms with Crippen LogP contribution >= 0.6 is 0 Å². The fraction of sp³-hybridized carbons (Fsp3) is 0.188. The van der Waals surface area contributed by atoms with E-state index in [1.807, 2.05) is 55.5 Å². The van der Waals surface area contributed by atoms with Crippen LogP contribution in [0.5, 0.6) is 11.5 Å². The Hall–Kier alpha value is -2.49. The Balaban J connectivity index is 1.78. The molecule has 4 heteroatoms. The van der Waals surface area contributed by atoms with E-state index in [4.69, 9.17) is 9.47 Å². The van der Waals surface area contributed by atoms with Crippen LogP contribution in [-0.2, 0) is 0 Å². The van der Waals surface area contributed by atoms with E-state index in [9.17, 15) is 0 Å². The van der Waals surface area contributed by atoms with E-state index in [2.05, 4.69) is 10.5 Å². The summed E-state index contributed by atoms with van der Waals surface area (Å²) < 4.78 is 11.1. The van der Waals surface area contributed by atoms with Crippen LogP contribution < -0.4 is 14.9 Å². The van der Waals surface area contributed by atoms with Gasteiger partial charge in [0.25, 0.3) is 0 Å². The topological polar surface area (TPSA) is 42.9 Å². The normalized spacial score (nSPS) is 13.9. The first-order valence-electron chi connectivity index (χ1n) is 6.58. The molecule has 3 rings (SSSR count). The minimum atomic E-state index is 0.592. The third-order valence-corrected chi connectivity index (χ3v) is 3.09. The summed E-state index contributed by atoms with van der Waals surface area (Å²) in [5, 5.41) is 4.38. The van der Waals surface area contributed by atoms with Crippen LogP contribution in [0.2, 0.25) is 0 Å². The second-order valence-corrected chi connectivity index (χ2v) is 4.53. The van der Waals surface area contributed by atoms with Gasteiger partial charge in [0.15, 0.2) is 11.5 Å². The van der Waals surface area contributed by atoms with Gasteiger partial charge >= 0.3 is 0 Å². The predicted octanol–water partition coefficient (Wildman–Crippen LogP) is 3.29. The first-order valence-corrected chi connectivity index (χ1v) is 6.58. The molecule has 0 amide bonds. The standard InChI is InChI=1S/C16H16N2O2/c1-12(17-18-14-5-3-2-4-6-14)13-7-8-15-16(11-13)20-10-9-19-15/h2-8,11,18H,9-10H2,1H3/b17-12-. The Morgan fingerprint density at radius 1 is 1.00 bits per heavy atom. The number of fused-ring (bicyclic) bond motifs is 1. The SMILES string of the molecule is C/C(=N/Nc1ccccc1)c1ccc2c(c1)OCCO2. The van der Waals surface area contributed by atoms with E-state index in [1.165, 1.54) is 0 Å². The lowest BCUT2D eigenvalue weighted by molar-refractivity contribution is 0.171. The lowest BCUT2D eigenvalue weighted by Gasteiger charge is -2.18. The minimum absolute atomic E-state index is 0.592. The Labute approximate surface area is 118 Å². The van der Waals surface area contributed by atoms with Gasteiger partial charge in [-0.3, -0.25) is 5.43 Å². The second-order valence-electron chi connectivity index (χ2n) is 4.53. The van der Waals surface area contributed by atoms with Crippen LogP contribution in [0.3, 0.4) is 0 Å². The van der Waals surface area contributed by atoms with Crippen molar-refractivity contribution in [3.05, 3.63) is 54.1 Å². The molecule has 1 aliphatic heterocycles. The number of anilines is 1. The molecule has 0 aliphatic carbocycles. The van der Waals surface area contributed by atoms with Crippen molar-refractivity contribution in [2.75, 3.05) is 18.6 Å². The average Bonchev–Trinajstić information content (AvgIpc) is 2.53. The summed E-state index contributed by atoms with van der Waals surface area (Å²) in [4.78, 5) is 0. The summed E-state index contributed by atoms with van der Waals surface area (Å²) in [6, 6.07) is 15.7. The first-order chi connectivity index (χ1) is 9.83. The van der Waals surface area contributed by atoms with Crippen molar-refractivity contribution in [2.45, 2.75) is 6.92 Å². The van der Waals surface area contributed by atoms with E-state index in [0.717, 1.165) is 28.5 Å². The van der Waals surface area contributed by atoms with Gasteiger partial charge in [-0.1, -0.05) is 18.2 Å². The Morgan fingerprint density at radius 3 is 2.55 bits per heavy atom. The monoisotopic (exact) mass is 268 g/mol. The lowest BCUT2D eigenvalue weighted by atomic mass is 10.1. The zero-order chi connectivity index (χ0) is 13.8. The second kappa shape index (κ2) is 5.65. The zero-order valence-electron chi connectivity index (χ0n) is 11.3. The highest BCUT2D eigenvalue weighted by molar-refractivity contribution is 5.99. The molecule has 1 aliphatic rings. The molecule has 0 saturated carbocycles. The highest BCUT2D eigenvalue weighted by Crippen LogP contribution is 2.30. The summed E-state index contributed by atoms with van der Waals surface area (Å²) in [6.45, 7) is 3.16. The number of benzene rings is 2. The van der Waals surface area contributed by atoms with Crippen molar-refractivity contribution in [2.24, 2.45) is 5.10 Å². The number of hydrogen-bond acceptors (Lipinski definition) is 4. The quantitative estimate of drug-likeness (QED) is 0.686. The summed E-state index contributed by atoms with van der Waals surface area (Å²) in [5.74, 6) is 1.58. The molecule has 2 aromatic carbocycles. The highest BCUT2D eigenvalue weighted by atomic mass is 16.6. The van der Waals surface area contributed by atoms with Gasteiger partial charge in [-0.05, 0) is 37.3 Å². The van der Waals surface area contributed by atoms with Crippen LogP contribution in [0.15, 0.2) is 53.6 Å². The van der Waals surface area contributed by atoms with E-state index < -0.39 is 0 Å². The summed E-state index contributed by atoms with van der Waals surface area (Å²) in [6.07, 6.45) is 0. The maximum atomic E-state index is 5.58. The molecule has 0 saturated heterocycles. The van der Waals surface area contributed by atoms with Crippen LogP contribution in [0.25, 0.3) is 0 Å². The van der Waals surface area contributed by atoms with Crippen LogP contribution in [0.4, 0.5) is 5.69 Å². The molecule has 0 spiro atoms. The number of nitrogens with one attached hydrogen (secondary N) is 1. The lowest BCUT2D eigenvalue weighted by Crippen LogP contribution is -2.15. The van der Waals surface area contributed by atoms with E-state index in [0.29, 0.717) is 13.2 Å². The van der Waals surface area contributed by atoms with E-state index >= 15 is 0 Å². The van der Waals surface area contributed by atoms with Crippen molar-refractivity contribution in [1.29, 1.82) is 0 Å². The van der Waals surface area contributed by atoms with Crippen molar-refractivity contribution < 1.29 is 9.47 Å². The molecule has 4 nitrogen and oxygen atoms in total. The Kier molecular flexibility index (Phi) is 3.54. The third kappa shape index (κ3) is 2.74. The molecule has 0 aromatic heterocycles. The van der Waals surface area contributed by atoms with Gasteiger partial charge in [-0.25, -0.2) is 0 Å². The van der Waals surface area contributed by atoms with Crippen LogP contribution in [-0.4, -0.2) is 18.9 Å². The summed E-state index contributed by atoms with van der Waals surface area (Å²) in [5.41, 5.74) is 5.91. The van der Waals surface area contributed by atoms with Gasteiger partial charge in [0, 0.05) is 5.56 Å². The fourth-order valence-corrected chi connectivity index (χ4v) is 1.99. The van der Waals surface area contributed by atoms with Crippen molar-refractivity contribution in [3.63, 3.8) is 0 Å². The largest absolute Gasteiger partial charge is 0.486 e. The highest BCUT2D eigenvalue weighted by Gasteiger charge is 2.12. The molecule has 102 valence electrons. The fourth-order valence-electron chi connectivity index (χ4n) is 1.99. The molecule has 20 heavy (non-hydrogen) atoms. The third-order valence-electron chi connectivity index (χ3n) is 3.09. The number of hydrazone groups is 1. The molecule has 0 atom stereocenters. The van der Waals surface area contributed by atoms with Gasteiger partial charge in [0.2, 0.25) is 0 Å². The molecule has 0 radical (unpaired) electrons. The van der Waals surface area contributed by atoms with Crippen molar-refractivity contribution in [3.8, 4) is 11.5 Å². The number of ether oxygens (including phenoxy) is 2. The van der Waals surface area contributed by atoms with E-state index in [-0.39, 0.29) is 0 Å². The van der Waals surface area contributed by atoms with E-state index in [1.54, 1.807) is 0 Å². The number of nitrogens with zero attached hydrogens (tertiary/aromatic N) is 1. The van der Waals surface area contributed by atoms with Crippen LogP contribution in [0, 0.1) is 0 Å². The zero-order valence-corrected chi connectivity index (χ0v) is 11.3. The van der Waals surface area contributed by atoms with Gasteiger partial charge in [-0.2, -0.15) is 5.10 Å². The van der Waals surface area contributed by atoms with Gasteiger partial charge in [0.1, 0.15) is 13.2 Å². The molecule has 0 fully saturated rings. The number of para-hydroxylation sites is 1. The van der Waals surface area contributed by atoms with Gasteiger partial charge < -0.3 is 9.47 Å². The molecule has 2 aromatic rings. The van der Waals surface area contributed by atoms with Crippen molar-refractivity contribution >= 4 is 11.4 Å². The Morgan fingerprint density at radius 2 is 1.75 bits per heavy atom. The molecule has 1 heterocycles. The maximum absolute atomic E-state index is 5.58. The predicted molar refractivity (Wildman–Crippen MR) is 79.7 cm³/mol. The molecular weight excluding hydrogens is 252 g/mol. The number of hydrogen-bond donors (Lipinski definition) is 1. The summed E-state index contributed by atoms with van der Waals surface area (Å²) >= 11 is 0. The average molecular weight is 268 g/mol. The molecular formula is C16H16N2O2. The van der Waals surface area contributed by atoms with Gasteiger partial charge in [-0.15, -0.1) is 0 Å². The Bertz CT molecular complexity index is 624. The van der Waals surface area contributed by atoms with Gasteiger partial charge in [0.05, 0.1) is 11.4 Å². The van der Waals surface area contributed by atoms with Crippen molar-refractivity contribution in [1.82, 2.24) is 0 Å². The molecule has 0 bridgehead atoms. The maximum Gasteiger partial charge on any atom is 0.162 e. The number of rotatable bonds is 3. The smallest absolute Gasteiger partial charge is 0.162 e. The first kappa shape index (κ1) is 12.5. The molecule has 0 unspecified atom stereocenters. The van der Waals surface area contributed by atoms with Crippen LogP contribution in [0.1, 0.15) is 12.5 Å². The minimum Gasteiger partial charge on any atom is -0.486 e. The molecule has 1 N–H and O–H groups in total. The summed E-state index contributed by atoms with van der Waals surface area (Å²) in [7, 11) is 0.